The highest BCUT2D eigenvalue weighted by atomic mass is 19.1. The van der Waals surface area contributed by atoms with Crippen LogP contribution in [0.25, 0.3) is 0 Å². The number of para-hydroxylation sites is 1. The molecule has 0 bridgehead atoms. The molecule has 0 spiro atoms. The van der Waals surface area contributed by atoms with Crippen LogP contribution >= 0.6 is 0 Å². The second kappa shape index (κ2) is 5.69. The third kappa shape index (κ3) is 3.43. The molecular weight excluding hydrogens is 249 g/mol. The van der Waals surface area contributed by atoms with E-state index in [-0.39, 0.29) is 29.7 Å². The summed E-state index contributed by atoms with van der Waals surface area (Å²) in [5.41, 5.74) is 0.310. The molecule has 102 valence electrons. The van der Waals surface area contributed by atoms with Gasteiger partial charge in [-0.1, -0.05) is 6.07 Å². The van der Waals surface area contributed by atoms with E-state index in [0.29, 0.717) is 0 Å². The van der Waals surface area contributed by atoms with Crippen molar-refractivity contribution >= 4 is 17.5 Å². The zero-order valence-corrected chi connectivity index (χ0v) is 10.6. The average molecular weight is 265 g/mol. The van der Waals surface area contributed by atoms with Crippen LogP contribution in [0.5, 0.6) is 0 Å². The van der Waals surface area contributed by atoms with Gasteiger partial charge in [-0.15, -0.1) is 0 Å². The molecule has 0 heterocycles. The van der Waals surface area contributed by atoms with E-state index in [0.717, 1.165) is 12.8 Å². The van der Waals surface area contributed by atoms with Crippen LogP contribution in [0, 0.1) is 5.82 Å². The molecule has 0 aromatic heterocycles. The van der Waals surface area contributed by atoms with Crippen molar-refractivity contribution in [2.75, 3.05) is 18.9 Å². The molecule has 2 rings (SSSR count). The topological polar surface area (TPSA) is 70.2 Å². The summed E-state index contributed by atoms with van der Waals surface area (Å²) in [5.74, 6) is -1.20. The van der Waals surface area contributed by atoms with Crippen LogP contribution in [0.1, 0.15) is 23.2 Å². The Morgan fingerprint density at radius 1 is 1.37 bits per heavy atom. The zero-order valence-electron chi connectivity index (χ0n) is 10.6. The third-order valence-electron chi connectivity index (χ3n) is 2.86. The lowest BCUT2D eigenvalue weighted by atomic mass is 10.1. The highest BCUT2D eigenvalue weighted by Gasteiger charge is 2.23. The van der Waals surface area contributed by atoms with Gasteiger partial charge in [0.2, 0.25) is 5.91 Å². The number of benzene rings is 1. The molecule has 0 unspecified atom stereocenters. The molecule has 2 amide bonds. The SMILES string of the molecule is CNc1c(F)cccc1C(=O)NCC(=O)NC1CC1. The first-order valence-corrected chi connectivity index (χ1v) is 6.15. The summed E-state index contributed by atoms with van der Waals surface area (Å²) in [4.78, 5) is 23.3. The average Bonchev–Trinajstić information content (AvgIpc) is 3.19. The van der Waals surface area contributed by atoms with Gasteiger partial charge in [0.05, 0.1) is 17.8 Å². The van der Waals surface area contributed by atoms with Crippen molar-refractivity contribution < 1.29 is 14.0 Å². The highest BCUT2D eigenvalue weighted by molar-refractivity contribution is 6.01. The Morgan fingerprint density at radius 3 is 2.74 bits per heavy atom. The fourth-order valence-electron chi connectivity index (χ4n) is 1.73. The van der Waals surface area contributed by atoms with Crippen LogP contribution in [0.15, 0.2) is 18.2 Å². The maximum absolute atomic E-state index is 13.5. The van der Waals surface area contributed by atoms with Gasteiger partial charge in [0.15, 0.2) is 0 Å². The lowest BCUT2D eigenvalue weighted by molar-refractivity contribution is -0.120. The summed E-state index contributed by atoms with van der Waals surface area (Å²) in [6.45, 7) is -0.102. The highest BCUT2D eigenvalue weighted by Crippen LogP contribution is 2.19. The van der Waals surface area contributed by atoms with Gasteiger partial charge < -0.3 is 16.0 Å². The van der Waals surface area contributed by atoms with E-state index >= 15 is 0 Å². The smallest absolute Gasteiger partial charge is 0.253 e. The monoisotopic (exact) mass is 265 g/mol. The minimum Gasteiger partial charge on any atom is -0.385 e. The summed E-state index contributed by atoms with van der Waals surface area (Å²) in [5, 5.41) is 7.87. The summed E-state index contributed by atoms with van der Waals surface area (Å²) in [6, 6.07) is 4.48. The second-order valence-electron chi connectivity index (χ2n) is 4.44. The summed E-state index contributed by atoms with van der Waals surface area (Å²) in [7, 11) is 1.54. The van der Waals surface area contributed by atoms with Crippen molar-refractivity contribution in [3.63, 3.8) is 0 Å². The van der Waals surface area contributed by atoms with E-state index < -0.39 is 11.7 Å². The lowest BCUT2D eigenvalue weighted by Crippen LogP contribution is -2.38. The first-order valence-electron chi connectivity index (χ1n) is 6.15. The molecule has 1 saturated carbocycles. The maximum Gasteiger partial charge on any atom is 0.253 e. The summed E-state index contributed by atoms with van der Waals surface area (Å²) in [6.07, 6.45) is 1.99. The van der Waals surface area contributed by atoms with E-state index in [2.05, 4.69) is 16.0 Å². The number of nitrogens with one attached hydrogen (secondary N) is 3. The number of carbonyl (C=O) groups is 2. The third-order valence-corrected chi connectivity index (χ3v) is 2.86. The first kappa shape index (κ1) is 13.3. The predicted octanol–water partition coefficient (Wildman–Crippen LogP) is 0.876. The normalized spacial score (nSPS) is 13.8. The Morgan fingerprint density at radius 2 is 2.11 bits per heavy atom. The van der Waals surface area contributed by atoms with Gasteiger partial charge in [0.25, 0.3) is 5.91 Å². The van der Waals surface area contributed by atoms with Gasteiger partial charge in [-0.2, -0.15) is 0 Å². The summed E-state index contributed by atoms with van der Waals surface area (Å²) < 4.78 is 13.5. The molecule has 6 heteroatoms. The Hall–Kier alpha value is -2.11. The minimum absolute atomic E-state index is 0.102. The number of halogens is 1. The van der Waals surface area contributed by atoms with Crippen LogP contribution < -0.4 is 16.0 Å². The van der Waals surface area contributed by atoms with Crippen LogP contribution in [0.2, 0.25) is 0 Å². The molecule has 5 nitrogen and oxygen atoms in total. The first-order chi connectivity index (χ1) is 9.11. The number of hydrogen-bond acceptors (Lipinski definition) is 3. The van der Waals surface area contributed by atoms with E-state index in [1.807, 2.05) is 0 Å². The molecule has 3 N–H and O–H groups in total. The molecule has 0 saturated heterocycles. The molecule has 1 aliphatic carbocycles. The predicted molar refractivity (Wildman–Crippen MR) is 69.4 cm³/mol. The van der Waals surface area contributed by atoms with Crippen LogP contribution in [-0.2, 0) is 4.79 Å². The number of hydrogen-bond donors (Lipinski definition) is 3. The Kier molecular flexibility index (Phi) is 3.99. The van der Waals surface area contributed by atoms with Gasteiger partial charge in [0.1, 0.15) is 5.82 Å². The summed E-state index contributed by atoms with van der Waals surface area (Å²) >= 11 is 0. The van der Waals surface area contributed by atoms with Gasteiger partial charge in [-0.25, -0.2) is 4.39 Å². The number of carbonyl (C=O) groups excluding carboxylic acids is 2. The molecule has 1 fully saturated rings. The second-order valence-corrected chi connectivity index (χ2v) is 4.44. The van der Waals surface area contributed by atoms with Crippen LogP contribution in [0.3, 0.4) is 0 Å². The minimum atomic E-state index is -0.502. The zero-order chi connectivity index (χ0) is 13.8. The van der Waals surface area contributed by atoms with Crippen molar-refractivity contribution in [2.24, 2.45) is 0 Å². The Bertz CT molecular complexity index is 501. The van der Waals surface area contributed by atoms with E-state index in [1.54, 1.807) is 0 Å². The number of amides is 2. The van der Waals surface area contributed by atoms with E-state index in [9.17, 15) is 14.0 Å². The number of anilines is 1. The van der Waals surface area contributed by atoms with E-state index in [1.165, 1.54) is 25.2 Å². The quantitative estimate of drug-likeness (QED) is 0.740. The van der Waals surface area contributed by atoms with Crippen molar-refractivity contribution in [3.8, 4) is 0 Å². The maximum atomic E-state index is 13.5. The lowest BCUT2D eigenvalue weighted by Gasteiger charge is -2.10. The molecule has 0 radical (unpaired) electrons. The standard InChI is InChI=1S/C13H16FN3O2/c1-15-12-9(3-2-4-10(12)14)13(19)16-7-11(18)17-8-5-6-8/h2-4,8,15H,5-7H2,1H3,(H,16,19)(H,17,18). The fourth-order valence-corrected chi connectivity index (χ4v) is 1.73. The van der Waals surface area contributed by atoms with Crippen LogP contribution in [0.4, 0.5) is 10.1 Å². The van der Waals surface area contributed by atoms with Crippen molar-refractivity contribution in [1.82, 2.24) is 10.6 Å². The van der Waals surface area contributed by atoms with Crippen LogP contribution in [-0.4, -0.2) is 31.4 Å². The van der Waals surface area contributed by atoms with Gasteiger partial charge in [-0.3, -0.25) is 9.59 Å². The van der Waals surface area contributed by atoms with Crippen molar-refractivity contribution in [1.29, 1.82) is 0 Å². The van der Waals surface area contributed by atoms with Crippen molar-refractivity contribution in [3.05, 3.63) is 29.6 Å². The molecular formula is C13H16FN3O2. The molecule has 1 aliphatic rings. The molecule has 0 atom stereocenters. The van der Waals surface area contributed by atoms with Gasteiger partial charge >= 0.3 is 0 Å². The largest absolute Gasteiger partial charge is 0.385 e. The number of rotatable bonds is 5. The van der Waals surface area contributed by atoms with E-state index in [4.69, 9.17) is 0 Å². The van der Waals surface area contributed by atoms with Crippen molar-refractivity contribution in [2.45, 2.75) is 18.9 Å². The van der Waals surface area contributed by atoms with Gasteiger partial charge in [-0.05, 0) is 25.0 Å². The Balaban J connectivity index is 1.95. The molecule has 19 heavy (non-hydrogen) atoms. The Labute approximate surface area is 110 Å². The molecule has 1 aromatic rings. The molecule has 0 aliphatic heterocycles. The van der Waals surface area contributed by atoms with Gasteiger partial charge in [0, 0.05) is 13.1 Å². The fraction of sp³-hybridized carbons (Fsp3) is 0.385. The molecule has 1 aromatic carbocycles.